The quantitative estimate of drug-likeness (QED) is 0.219. The van der Waals surface area contributed by atoms with Gasteiger partial charge in [0.05, 0.1) is 6.61 Å². The molecule has 5 heteroatoms. The predicted octanol–water partition coefficient (Wildman–Crippen LogP) is 0.932. The van der Waals surface area contributed by atoms with Gasteiger partial charge in [0, 0.05) is 18.2 Å². The Morgan fingerprint density at radius 3 is 2.41 bits per heavy atom. The Balaban J connectivity index is 3.99. The summed E-state index contributed by atoms with van der Waals surface area (Å²) in [5.41, 5.74) is 0.342. The molecule has 96 valence electrons. The topological polar surface area (TPSA) is 63.7 Å². The van der Waals surface area contributed by atoms with Crippen molar-refractivity contribution in [2.75, 3.05) is 13.2 Å². The molecule has 0 aromatic rings. The average Bonchev–Trinajstić information content (AvgIpc) is 2.27. The highest BCUT2D eigenvalue weighted by atomic mass is 16.5. The van der Waals surface area contributed by atoms with Gasteiger partial charge in [0.1, 0.15) is 0 Å². The second-order valence-electron chi connectivity index (χ2n) is 4.01. The van der Waals surface area contributed by atoms with E-state index in [1.807, 2.05) is 13.8 Å². The Morgan fingerprint density at radius 2 is 2.00 bits per heavy atom. The van der Waals surface area contributed by atoms with Gasteiger partial charge in [-0.05, 0) is 27.2 Å². The molecule has 0 aliphatic carbocycles. The van der Waals surface area contributed by atoms with Gasteiger partial charge in [0.25, 0.3) is 5.91 Å². The molecule has 0 heterocycles. The van der Waals surface area contributed by atoms with Crippen molar-refractivity contribution in [1.82, 2.24) is 4.90 Å². The third-order valence-corrected chi connectivity index (χ3v) is 2.13. The van der Waals surface area contributed by atoms with Crippen LogP contribution in [0.1, 0.15) is 27.2 Å². The molecule has 0 aromatic carbocycles. The van der Waals surface area contributed by atoms with Crippen molar-refractivity contribution < 1.29 is 19.1 Å². The van der Waals surface area contributed by atoms with E-state index >= 15 is 0 Å². The summed E-state index contributed by atoms with van der Waals surface area (Å²) in [5, 5.41) is 0. The molecule has 0 N–H and O–H groups in total. The first-order chi connectivity index (χ1) is 7.90. The molecule has 0 spiro atoms. The van der Waals surface area contributed by atoms with E-state index in [0.717, 1.165) is 0 Å². The largest absolute Gasteiger partial charge is 0.462 e. The third-order valence-electron chi connectivity index (χ3n) is 2.13. The smallest absolute Gasteiger partial charge is 0.333 e. The lowest BCUT2D eigenvalue weighted by molar-refractivity contribution is -0.141. The van der Waals surface area contributed by atoms with Crippen LogP contribution in [0.5, 0.6) is 0 Å². The van der Waals surface area contributed by atoms with Crippen molar-refractivity contribution in [3.05, 3.63) is 12.2 Å². The molecule has 0 aliphatic heterocycles. The molecule has 0 saturated heterocycles. The van der Waals surface area contributed by atoms with E-state index in [-0.39, 0.29) is 12.6 Å². The number of nitrogens with zero attached hydrogens (tertiary/aromatic N) is 1. The minimum Gasteiger partial charge on any atom is -0.462 e. The SMILES string of the molecule is C=C(C)C(=O)OCCCN(C(=O)C=O)C(C)C. The maximum absolute atomic E-state index is 11.2. The number of amides is 1. The number of ether oxygens (including phenoxy) is 1. The Hall–Kier alpha value is -1.65. The number of esters is 1. The molecule has 0 unspecified atom stereocenters. The van der Waals surface area contributed by atoms with E-state index in [2.05, 4.69) is 6.58 Å². The minimum absolute atomic E-state index is 0.0514. The van der Waals surface area contributed by atoms with Crippen LogP contribution >= 0.6 is 0 Å². The van der Waals surface area contributed by atoms with Crippen molar-refractivity contribution >= 4 is 18.2 Å². The molecule has 0 aliphatic rings. The summed E-state index contributed by atoms with van der Waals surface area (Å²) in [6, 6.07) is -0.0514. The maximum Gasteiger partial charge on any atom is 0.333 e. The van der Waals surface area contributed by atoms with Gasteiger partial charge in [-0.3, -0.25) is 9.59 Å². The van der Waals surface area contributed by atoms with Crippen LogP contribution in [0.4, 0.5) is 0 Å². The highest BCUT2D eigenvalue weighted by Gasteiger charge is 2.15. The highest BCUT2D eigenvalue weighted by Crippen LogP contribution is 2.01. The predicted molar refractivity (Wildman–Crippen MR) is 63.3 cm³/mol. The van der Waals surface area contributed by atoms with Gasteiger partial charge >= 0.3 is 5.97 Å². The van der Waals surface area contributed by atoms with Crippen LogP contribution < -0.4 is 0 Å². The highest BCUT2D eigenvalue weighted by molar-refractivity contribution is 6.23. The number of carbonyl (C=O) groups is 3. The fourth-order valence-electron chi connectivity index (χ4n) is 1.21. The summed E-state index contributed by atoms with van der Waals surface area (Å²) in [6.45, 7) is 9.26. The molecule has 0 aromatic heterocycles. The number of aldehydes is 1. The second-order valence-corrected chi connectivity index (χ2v) is 4.01. The van der Waals surface area contributed by atoms with Crippen LogP contribution in [0.2, 0.25) is 0 Å². The zero-order valence-electron chi connectivity index (χ0n) is 10.6. The average molecular weight is 241 g/mol. The van der Waals surface area contributed by atoms with Crippen molar-refractivity contribution in [2.24, 2.45) is 0 Å². The summed E-state index contributed by atoms with van der Waals surface area (Å²) in [4.78, 5) is 34.1. The number of hydrogen-bond donors (Lipinski definition) is 0. The Labute approximate surface area is 101 Å². The summed E-state index contributed by atoms with van der Waals surface area (Å²) < 4.78 is 4.88. The van der Waals surface area contributed by atoms with Crippen molar-refractivity contribution in [1.29, 1.82) is 0 Å². The van der Waals surface area contributed by atoms with Crippen LogP contribution in [0.3, 0.4) is 0 Å². The lowest BCUT2D eigenvalue weighted by Gasteiger charge is -2.24. The van der Waals surface area contributed by atoms with Gasteiger partial charge in [-0.1, -0.05) is 6.58 Å². The number of rotatable bonds is 7. The van der Waals surface area contributed by atoms with Gasteiger partial charge in [0.15, 0.2) is 0 Å². The molecule has 0 atom stereocenters. The van der Waals surface area contributed by atoms with Gasteiger partial charge in [-0.2, -0.15) is 0 Å². The molecule has 0 radical (unpaired) electrons. The maximum atomic E-state index is 11.2. The van der Waals surface area contributed by atoms with Crippen LogP contribution in [0, 0.1) is 0 Å². The second kappa shape index (κ2) is 7.60. The first-order valence-corrected chi connectivity index (χ1v) is 5.48. The molecule has 17 heavy (non-hydrogen) atoms. The summed E-state index contributed by atoms with van der Waals surface area (Å²) >= 11 is 0. The number of hydrogen-bond acceptors (Lipinski definition) is 4. The van der Waals surface area contributed by atoms with Crippen LogP contribution in [-0.2, 0) is 19.1 Å². The van der Waals surface area contributed by atoms with E-state index in [9.17, 15) is 14.4 Å². The van der Waals surface area contributed by atoms with Crippen LogP contribution in [-0.4, -0.2) is 42.3 Å². The Kier molecular flexibility index (Phi) is 6.86. The zero-order valence-corrected chi connectivity index (χ0v) is 10.6. The molecule has 0 fully saturated rings. The molecule has 0 saturated carbocycles. The van der Waals surface area contributed by atoms with Crippen molar-refractivity contribution in [3.63, 3.8) is 0 Å². The minimum atomic E-state index is -0.550. The molecule has 0 bridgehead atoms. The fraction of sp³-hybridized carbons (Fsp3) is 0.583. The van der Waals surface area contributed by atoms with E-state index in [1.54, 1.807) is 6.92 Å². The zero-order chi connectivity index (χ0) is 13.4. The van der Waals surface area contributed by atoms with E-state index < -0.39 is 11.9 Å². The van der Waals surface area contributed by atoms with Crippen LogP contribution in [0.15, 0.2) is 12.2 Å². The standard InChI is InChI=1S/C12H19NO4/c1-9(2)12(16)17-7-5-6-13(10(3)4)11(15)8-14/h8,10H,1,5-7H2,2-4H3. The Morgan fingerprint density at radius 1 is 1.41 bits per heavy atom. The van der Waals surface area contributed by atoms with Gasteiger partial charge in [-0.15, -0.1) is 0 Å². The van der Waals surface area contributed by atoms with Crippen molar-refractivity contribution in [3.8, 4) is 0 Å². The van der Waals surface area contributed by atoms with E-state index in [0.29, 0.717) is 24.8 Å². The van der Waals surface area contributed by atoms with Gasteiger partial charge < -0.3 is 9.64 Å². The fourth-order valence-corrected chi connectivity index (χ4v) is 1.21. The van der Waals surface area contributed by atoms with E-state index in [1.165, 1.54) is 4.90 Å². The molecule has 1 amide bonds. The number of carbonyl (C=O) groups excluding carboxylic acids is 3. The normalized spacial score (nSPS) is 9.88. The molecular weight excluding hydrogens is 222 g/mol. The molecule has 5 nitrogen and oxygen atoms in total. The summed E-state index contributed by atoms with van der Waals surface area (Å²) in [5.74, 6) is -0.992. The lowest BCUT2D eigenvalue weighted by Crippen LogP contribution is -2.38. The van der Waals surface area contributed by atoms with Crippen LogP contribution in [0.25, 0.3) is 0 Å². The Bertz CT molecular complexity index is 310. The van der Waals surface area contributed by atoms with Crippen molar-refractivity contribution in [2.45, 2.75) is 33.2 Å². The first kappa shape index (κ1) is 15.3. The monoisotopic (exact) mass is 241 g/mol. The first-order valence-electron chi connectivity index (χ1n) is 5.48. The summed E-state index contributed by atoms with van der Waals surface area (Å²) in [6.07, 6.45) is 0.788. The lowest BCUT2D eigenvalue weighted by atomic mass is 10.3. The van der Waals surface area contributed by atoms with Gasteiger partial charge in [-0.25, -0.2) is 4.79 Å². The summed E-state index contributed by atoms with van der Waals surface area (Å²) in [7, 11) is 0. The van der Waals surface area contributed by atoms with E-state index in [4.69, 9.17) is 4.74 Å². The molecule has 0 rings (SSSR count). The molecular formula is C12H19NO4. The third kappa shape index (κ3) is 5.85. The van der Waals surface area contributed by atoms with Gasteiger partial charge in [0.2, 0.25) is 6.29 Å².